The first-order valence-corrected chi connectivity index (χ1v) is 9.18. The van der Waals surface area contributed by atoms with Crippen molar-refractivity contribution >= 4 is 5.69 Å². The fraction of sp³-hybridized carbons (Fsp3) is 0.364. The first-order valence-electron chi connectivity index (χ1n) is 9.18. The second-order valence-electron chi connectivity index (χ2n) is 6.71. The van der Waals surface area contributed by atoms with E-state index in [-0.39, 0.29) is 6.04 Å². The fourth-order valence-corrected chi connectivity index (χ4v) is 4.33. The zero-order chi connectivity index (χ0) is 18.1. The highest BCUT2D eigenvalue weighted by molar-refractivity contribution is 5.72. The van der Waals surface area contributed by atoms with Crippen molar-refractivity contribution in [2.75, 3.05) is 26.1 Å². The number of methoxy groups -OCH3 is 2. The van der Waals surface area contributed by atoms with Crippen molar-refractivity contribution < 1.29 is 14.2 Å². The maximum absolute atomic E-state index is 5.91. The van der Waals surface area contributed by atoms with Gasteiger partial charge in [-0.1, -0.05) is 30.4 Å². The quantitative estimate of drug-likeness (QED) is 0.776. The van der Waals surface area contributed by atoms with E-state index in [1.54, 1.807) is 14.2 Å². The Balaban J connectivity index is 1.85. The Kier molecular flexibility index (Phi) is 4.49. The van der Waals surface area contributed by atoms with Crippen LogP contribution in [0.25, 0.3) is 0 Å². The second kappa shape index (κ2) is 6.94. The molecular weight excluding hydrogens is 326 g/mol. The van der Waals surface area contributed by atoms with Gasteiger partial charge in [-0.3, -0.25) is 0 Å². The van der Waals surface area contributed by atoms with E-state index in [2.05, 4.69) is 35.7 Å². The Labute approximate surface area is 154 Å². The molecule has 0 bridgehead atoms. The third kappa shape index (κ3) is 2.61. The van der Waals surface area contributed by atoms with Gasteiger partial charge in [-0.15, -0.1) is 0 Å². The summed E-state index contributed by atoms with van der Waals surface area (Å²) in [4.78, 5) is 0. The second-order valence-corrected chi connectivity index (χ2v) is 6.71. The maximum Gasteiger partial charge on any atom is 0.142 e. The number of anilines is 1. The SMILES string of the molecule is CCOc1ccccc1C1Nc2c(OC)ccc(OC)c2C2C=CCC21. The predicted octanol–water partition coefficient (Wildman–Crippen LogP) is 4.93. The molecule has 2 aromatic rings. The molecule has 4 heteroatoms. The van der Waals surface area contributed by atoms with Gasteiger partial charge in [0.2, 0.25) is 0 Å². The maximum atomic E-state index is 5.91. The number of ether oxygens (including phenoxy) is 3. The molecule has 0 aromatic heterocycles. The summed E-state index contributed by atoms with van der Waals surface area (Å²) in [5.74, 6) is 3.43. The highest BCUT2D eigenvalue weighted by atomic mass is 16.5. The van der Waals surface area contributed by atoms with Crippen molar-refractivity contribution in [1.82, 2.24) is 0 Å². The largest absolute Gasteiger partial charge is 0.496 e. The minimum absolute atomic E-state index is 0.159. The smallest absolute Gasteiger partial charge is 0.142 e. The zero-order valence-electron chi connectivity index (χ0n) is 15.5. The number of allylic oxidation sites excluding steroid dienone is 2. The van der Waals surface area contributed by atoms with Crippen LogP contribution in [-0.4, -0.2) is 20.8 Å². The molecule has 3 atom stereocenters. The van der Waals surface area contributed by atoms with Crippen LogP contribution in [0.2, 0.25) is 0 Å². The molecule has 3 unspecified atom stereocenters. The third-order valence-corrected chi connectivity index (χ3v) is 5.44. The molecule has 0 spiro atoms. The molecule has 4 nitrogen and oxygen atoms in total. The summed E-state index contributed by atoms with van der Waals surface area (Å²) in [6.07, 6.45) is 5.62. The summed E-state index contributed by atoms with van der Waals surface area (Å²) in [7, 11) is 3.44. The molecule has 136 valence electrons. The topological polar surface area (TPSA) is 39.7 Å². The number of hydrogen-bond acceptors (Lipinski definition) is 4. The average Bonchev–Trinajstić information content (AvgIpc) is 3.17. The Morgan fingerprint density at radius 2 is 1.77 bits per heavy atom. The normalized spacial score (nSPS) is 23.0. The molecule has 1 N–H and O–H groups in total. The van der Waals surface area contributed by atoms with E-state index in [4.69, 9.17) is 14.2 Å². The van der Waals surface area contributed by atoms with Crippen LogP contribution >= 0.6 is 0 Å². The molecule has 4 rings (SSSR count). The summed E-state index contributed by atoms with van der Waals surface area (Å²) in [5.41, 5.74) is 3.41. The molecule has 2 aliphatic rings. The lowest BCUT2D eigenvalue weighted by atomic mass is 9.76. The summed E-state index contributed by atoms with van der Waals surface area (Å²) in [6, 6.07) is 12.4. The van der Waals surface area contributed by atoms with E-state index in [1.807, 2.05) is 25.1 Å². The van der Waals surface area contributed by atoms with Crippen molar-refractivity contribution in [1.29, 1.82) is 0 Å². The van der Waals surface area contributed by atoms with Crippen LogP contribution in [0.1, 0.15) is 36.4 Å². The van der Waals surface area contributed by atoms with Gasteiger partial charge in [0, 0.05) is 17.0 Å². The first-order chi connectivity index (χ1) is 12.8. The number of para-hydroxylation sites is 1. The molecule has 0 saturated carbocycles. The number of benzene rings is 2. The van der Waals surface area contributed by atoms with Crippen LogP contribution in [0.3, 0.4) is 0 Å². The van der Waals surface area contributed by atoms with Crippen molar-refractivity contribution in [3.63, 3.8) is 0 Å². The standard InChI is InChI=1S/C22H25NO3/c1-4-26-17-11-6-5-8-16(17)21-15-10-7-9-14(15)20-18(24-2)12-13-19(25-3)22(20)23-21/h5-9,11-15,21,23H,4,10H2,1-3H3. The van der Waals surface area contributed by atoms with Crippen LogP contribution in [0.4, 0.5) is 5.69 Å². The molecule has 1 aliphatic heterocycles. The Morgan fingerprint density at radius 3 is 2.54 bits per heavy atom. The lowest BCUT2D eigenvalue weighted by Crippen LogP contribution is -2.30. The summed E-state index contributed by atoms with van der Waals surface area (Å²) in [6.45, 7) is 2.68. The van der Waals surface area contributed by atoms with E-state index < -0.39 is 0 Å². The minimum Gasteiger partial charge on any atom is -0.496 e. The molecule has 0 saturated heterocycles. The summed E-state index contributed by atoms with van der Waals surface area (Å²) in [5, 5.41) is 3.75. The highest BCUT2D eigenvalue weighted by Gasteiger charge is 2.41. The van der Waals surface area contributed by atoms with E-state index in [9.17, 15) is 0 Å². The molecule has 2 aromatic carbocycles. The molecule has 0 amide bonds. The molecule has 1 aliphatic carbocycles. The van der Waals surface area contributed by atoms with Gasteiger partial charge in [-0.05, 0) is 37.5 Å². The van der Waals surface area contributed by atoms with Gasteiger partial charge in [0.05, 0.1) is 32.6 Å². The number of nitrogens with one attached hydrogen (secondary N) is 1. The van der Waals surface area contributed by atoms with Gasteiger partial charge in [0.25, 0.3) is 0 Å². The molecule has 26 heavy (non-hydrogen) atoms. The van der Waals surface area contributed by atoms with Crippen LogP contribution in [0, 0.1) is 5.92 Å². The number of fused-ring (bicyclic) bond motifs is 3. The van der Waals surface area contributed by atoms with E-state index >= 15 is 0 Å². The van der Waals surface area contributed by atoms with Crippen molar-refractivity contribution in [3.05, 3.63) is 59.7 Å². The van der Waals surface area contributed by atoms with Gasteiger partial charge in [-0.25, -0.2) is 0 Å². The van der Waals surface area contributed by atoms with E-state index in [1.165, 1.54) is 11.1 Å². The van der Waals surface area contributed by atoms with Crippen molar-refractivity contribution in [3.8, 4) is 17.2 Å². The number of hydrogen-bond donors (Lipinski definition) is 1. The predicted molar refractivity (Wildman–Crippen MR) is 104 cm³/mol. The lowest BCUT2D eigenvalue weighted by molar-refractivity contribution is 0.324. The highest BCUT2D eigenvalue weighted by Crippen LogP contribution is 2.55. The zero-order valence-corrected chi connectivity index (χ0v) is 15.5. The van der Waals surface area contributed by atoms with Crippen LogP contribution in [0.15, 0.2) is 48.6 Å². The summed E-state index contributed by atoms with van der Waals surface area (Å²) >= 11 is 0. The Hall–Kier alpha value is -2.62. The fourth-order valence-electron chi connectivity index (χ4n) is 4.33. The van der Waals surface area contributed by atoms with Gasteiger partial charge in [0.1, 0.15) is 17.2 Å². The van der Waals surface area contributed by atoms with Gasteiger partial charge in [0.15, 0.2) is 0 Å². The first kappa shape index (κ1) is 16.8. The Bertz CT molecular complexity index is 830. The van der Waals surface area contributed by atoms with E-state index in [0.717, 1.165) is 29.4 Å². The summed E-state index contributed by atoms with van der Waals surface area (Å²) < 4.78 is 17.2. The number of rotatable bonds is 5. The van der Waals surface area contributed by atoms with Gasteiger partial charge in [-0.2, -0.15) is 0 Å². The van der Waals surface area contributed by atoms with Crippen molar-refractivity contribution in [2.45, 2.75) is 25.3 Å². The van der Waals surface area contributed by atoms with Crippen molar-refractivity contribution in [2.24, 2.45) is 5.92 Å². The van der Waals surface area contributed by atoms with Gasteiger partial charge >= 0.3 is 0 Å². The van der Waals surface area contributed by atoms with Crippen LogP contribution in [-0.2, 0) is 0 Å². The molecule has 0 radical (unpaired) electrons. The van der Waals surface area contributed by atoms with Crippen LogP contribution < -0.4 is 19.5 Å². The third-order valence-electron chi connectivity index (χ3n) is 5.44. The molecular formula is C22H25NO3. The molecule has 1 heterocycles. The lowest BCUT2D eigenvalue weighted by Gasteiger charge is -2.39. The molecule has 0 fully saturated rings. The average molecular weight is 351 g/mol. The van der Waals surface area contributed by atoms with E-state index in [0.29, 0.717) is 18.4 Å². The minimum atomic E-state index is 0.159. The van der Waals surface area contributed by atoms with Crippen LogP contribution in [0.5, 0.6) is 17.2 Å². The van der Waals surface area contributed by atoms with Gasteiger partial charge < -0.3 is 19.5 Å². The Morgan fingerprint density at radius 1 is 1.00 bits per heavy atom. The monoisotopic (exact) mass is 351 g/mol.